The third kappa shape index (κ3) is 3.85. The highest BCUT2D eigenvalue weighted by atomic mass is 15.3. The van der Waals surface area contributed by atoms with Crippen molar-refractivity contribution < 1.29 is 0 Å². The Morgan fingerprint density at radius 3 is 2.29 bits per heavy atom. The van der Waals surface area contributed by atoms with E-state index in [1.807, 2.05) is 25.1 Å². The molecule has 0 amide bonds. The average Bonchev–Trinajstić information content (AvgIpc) is 2.58. The second-order valence-corrected chi connectivity index (χ2v) is 6.84. The zero-order chi connectivity index (χ0) is 17.1. The van der Waals surface area contributed by atoms with Crippen molar-refractivity contribution >= 4 is 11.6 Å². The number of hydrogen-bond acceptors (Lipinski definition) is 5. The van der Waals surface area contributed by atoms with Crippen molar-refractivity contribution in [3.63, 3.8) is 0 Å². The summed E-state index contributed by atoms with van der Waals surface area (Å²) < 4.78 is 0. The lowest BCUT2D eigenvalue weighted by atomic mass is 10.1. The molecule has 1 aromatic heterocycles. The van der Waals surface area contributed by atoms with Crippen LogP contribution < -0.4 is 9.80 Å². The fourth-order valence-corrected chi connectivity index (χ4v) is 3.12. The maximum atomic E-state index is 4.37. The summed E-state index contributed by atoms with van der Waals surface area (Å²) >= 11 is 0. The molecule has 5 heteroatoms. The fourth-order valence-electron chi connectivity index (χ4n) is 3.12. The summed E-state index contributed by atoms with van der Waals surface area (Å²) in [6.07, 6.45) is 0. The standard InChI is InChI=1S/C19H27N5/c1-15-5-6-17(16(2)13-15)14-23-9-11-24(12-10-23)19-8-7-18(20-21-19)22(3)4/h5-8,13H,9-12,14H2,1-4H3. The molecule has 2 heterocycles. The van der Waals surface area contributed by atoms with Crippen molar-refractivity contribution in [1.82, 2.24) is 15.1 Å². The molecule has 0 N–H and O–H groups in total. The van der Waals surface area contributed by atoms with Crippen LogP contribution in [0.5, 0.6) is 0 Å². The van der Waals surface area contributed by atoms with E-state index >= 15 is 0 Å². The Morgan fingerprint density at radius 2 is 1.71 bits per heavy atom. The molecule has 0 bridgehead atoms. The molecule has 1 aromatic carbocycles. The van der Waals surface area contributed by atoms with Gasteiger partial charge in [-0.15, -0.1) is 10.2 Å². The number of aromatic nitrogens is 2. The lowest BCUT2D eigenvalue weighted by molar-refractivity contribution is 0.248. The van der Waals surface area contributed by atoms with Crippen molar-refractivity contribution in [1.29, 1.82) is 0 Å². The fraction of sp³-hybridized carbons (Fsp3) is 0.474. The van der Waals surface area contributed by atoms with Gasteiger partial charge in [-0.1, -0.05) is 23.8 Å². The molecule has 3 rings (SSSR count). The molecule has 5 nitrogen and oxygen atoms in total. The second-order valence-electron chi connectivity index (χ2n) is 6.84. The molecule has 0 saturated carbocycles. The van der Waals surface area contributed by atoms with E-state index in [2.05, 4.69) is 58.1 Å². The van der Waals surface area contributed by atoms with Crippen LogP contribution in [0.25, 0.3) is 0 Å². The van der Waals surface area contributed by atoms with Crippen LogP contribution in [0, 0.1) is 13.8 Å². The summed E-state index contributed by atoms with van der Waals surface area (Å²) in [7, 11) is 3.96. The number of anilines is 2. The van der Waals surface area contributed by atoms with Gasteiger partial charge in [-0.3, -0.25) is 4.90 Å². The number of rotatable bonds is 4. The van der Waals surface area contributed by atoms with Crippen LogP contribution in [0.1, 0.15) is 16.7 Å². The summed E-state index contributed by atoms with van der Waals surface area (Å²) in [5.74, 6) is 1.87. The number of aryl methyl sites for hydroxylation is 2. The molecule has 0 unspecified atom stereocenters. The van der Waals surface area contributed by atoms with Crippen LogP contribution in [0.15, 0.2) is 30.3 Å². The predicted molar refractivity (Wildman–Crippen MR) is 99.8 cm³/mol. The minimum absolute atomic E-state index is 0.896. The zero-order valence-electron chi connectivity index (χ0n) is 15.2. The first kappa shape index (κ1) is 16.7. The lowest BCUT2D eigenvalue weighted by Crippen LogP contribution is -2.46. The monoisotopic (exact) mass is 325 g/mol. The van der Waals surface area contributed by atoms with E-state index in [0.717, 1.165) is 44.4 Å². The molecule has 0 radical (unpaired) electrons. The van der Waals surface area contributed by atoms with E-state index in [1.54, 1.807) is 0 Å². The first-order valence-corrected chi connectivity index (χ1v) is 8.57. The molecule has 2 aromatic rings. The minimum atomic E-state index is 0.896. The quantitative estimate of drug-likeness (QED) is 0.863. The maximum absolute atomic E-state index is 4.37. The first-order chi connectivity index (χ1) is 11.5. The van der Waals surface area contributed by atoms with E-state index in [0.29, 0.717) is 0 Å². The van der Waals surface area contributed by atoms with Gasteiger partial charge in [0.2, 0.25) is 0 Å². The van der Waals surface area contributed by atoms with Crippen molar-refractivity contribution in [2.24, 2.45) is 0 Å². The van der Waals surface area contributed by atoms with Crippen LogP contribution in [0.4, 0.5) is 11.6 Å². The highest BCUT2D eigenvalue weighted by Crippen LogP contribution is 2.18. The average molecular weight is 325 g/mol. The first-order valence-electron chi connectivity index (χ1n) is 8.57. The van der Waals surface area contributed by atoms with Crippen molar-refractivity contribution in [2.45, 2.75) is 20.4 Å². The minimum Gasteiger partial charge on any atom is -0.361 e. The Hall–Kier alpha value is -2.14. The predicted octanol–water partition coefficient (Wildman–Crippen LogP) is 2.48. The highest BCUT2D eigenvalue weighted by molar-refractivity contribution is 5.44. The number of piperazine rings is 1. The van der Waals surface area contributed by atoms with E-state index in [1.165, 1.54) is 16.7 Å². The van der Waals surface area contributed by atoms with Gasteiger partial charge in [-0.25, -0.2) is 0 Å². The van der Waals surface area contributed by atoms with Crippen LogP contribution in [-0.2, 0) is 6.54 Å². The third-order valence-electron chi connectivity index (χ3n) is 4.68. The summed E-state index contributed by atoms with van der Waals surface area (Å²) in [6, 6.07) is 10.9. The molecule has 1 aliphatic rings. The highest BCUT2D eigenvalue weighted by Gasteiger charge is 2.19. The molecule has 24 heavy (non-hydrogen) atoms. The van der Waals surface area contributed by atoms with Gasteiger partial charge in [0.25, 0.3) is 0 Å². The topological polar surface area (TPSA) is 35.5 Å². The van der Waals surface area contributed by atoms with Gasteiger partial charge in [0, 0.05) is 46.8 Å². The summed E-state index contributed by atoms with van der Waals surface area (Å²) in [5, 5.41) is 8.65. The molecule has 0 spiro atoms. The molecule has 0 atom stereocenters. The normalized spacial score (nSPS) is 15.6. The van der Waals surface area contributed by atoms with E-state index in [-0.39, 0.29) is 0 Å². The summed E-state index contributed by atoms with van der Waals surface area (Å²) in [6.45, 7) is 9.51. The molecule has 1 aliphatic heterocycles. The van der Waals surface area contributed by atoms with Gasteiger partial charge in [-0.2, -0.15) is 0 Å². The Labute approximate surface area is 144 Å². The molecular formula is C19H27N5. The largest absolute Gasteiger partial charge is 0.361 e. The number of benzene rings is 1. The van der Waals surface area contributed by atoms with Crippen LogP contribution in [-0.4, -0.2) is 55.4 Å². The zero-order valence-corrected chi connectivity index (χ0v) is 15.2. The second kappa shape index (κ2) is 7.18. The Morgan fingerprint density at radius 1 is 0.958 bits per heavy atom. The number of nitrogens with zero attached hydrogens (tertiary/aromatic N) is 5. The van der Waals surface area contributed by atoms with Gasteiger partial charge >= 0.3 is 0 Å². The molecule has 128 valence electrons. The van der Waals surface area contributed by atoms with E-state index in [9.17, 15) is 0 Å². The van der Waals surface area contributed by atoms with Crippen LogP contribution in [0.2, 0.25) is 0 Å². The van der Waals surface area contributed by atoms with Gasteiger partial charge in [0.15, 0.2) is 11.6 Å². The van der Waals surface area contributed by atoms with E-state index < -0.39 is 0 Å². The summed E-state index contributed by atoms with van der Waals surface area (Å²) in [5.41, 5.74) is 4.16. The molecular weight excluding hydrogens is 298 g/mol. The van der Waals surface area contributed by atoms with Crippen molar-refractivity contribution in [2.75, 3.05) is 50.1 Å². The lowest BCUT2D eigenvalue weighted by Gasteiger charge is -2.35. The maximum Gasteiger partial charge on any atom is 0.151 e. The van der Waals surface area contributed by atoms with Crippen molar-refractivity contribution in [3.05, 3.63) is 47.0 Å². The summed E-state index contributed by atoms with van der Waals surface area (Å²) in [4.78, 5) is 6.82. The van der Waals surface area contributed by atoms with Crippen molar-refractivity contribution in [3.8, 4) is 0 Å². The van der Waals surface area contributed by atoms with Gasteiger partial charge in [-0.05, 0) is 37.1 Å². The molecule has 0 aliphatic carbocycles. The molecule has 1 fully saturated rings. The SMILES string of the molecule is Cc1ccc(CN2CCN(c3ccc(N(C)C)nn3)CC2)c(C)c1. The van der Waals surface area contributed by atoms with Gasteiger partial charge in [0.1, 0.15) is 0 Å². The Balaban J connectivity index is 1.57. The smallest absolute Gasteiger partial charge is 0.151 e. The van der Waals surface area contributed by atoms with Crippen LogP contribution >= 0.6 is 0 Å². The van der Waals surface area contributed by atoms with Crippen LogP contribution in [0.3, 0.4) is 0 Å². The Kier molecular flexibility index (Phi) is 5.00. The Bertz CT molecular complexity index is 673. The third-order valence-corrected chi connectivity index (χ3v) is 4.68. The number of hydrogen-bond donors (Lipinski definition) is 0. The van der Waals surface area contributed by atoms with Gasteiger partial charge in [0.05, 0.1) is 0 Å². The van der Waals surface area contributed by atoms with Gasteiger partial charge < -0.3 is 9.80 Å². The van der Waals surface area contributed by atoms with E-state index in [4.69, 9.17) is 0 Å². The molecule has 1 saturated heterocycles.